The van der Waals surface area contributed by atoms with E-state index in [2.05, 4.69) is 20.8 Å². The Kier molecular flexibility index (Phi) is 78.3. The van der Waals surface area contributed by atoms with Crippen LogP contribution in [0.15, 0.2) is 0 Å². The second kappa shape index (κ2) is 75.3. The van der Waals surface area contributed by atoms with E-state index in [4.69, 9.17) is 98.3 Å². The van der Waals surface area contributed by atoms with Gasteiger partial charge in [0, 0.05) is 62.6 Å². The first-order valence-corrected chi connectivity index (χ1v) is 33.5. The normalized spacial score (nSPS) is 14.5. The Morgan fingerprint density at radius 1 is 0.289 bits per heavy atom. The van der Waals surface area contributed by atoms with Crippen LogP contribution in [0.25, 0.3) is 0 Å². The van der Waals surface area contributed by atoms with Crippen molar-refractivity contribution in [3.8, 4) is 0 Å². The summed E-state index contributed by atoms with van der Waals surface area (Å²) in [6.07, 6.45) is 20.9. The van der Waals surface area contributed by atoms with E-state index >= 15 is 0 Å². The molecule has 24 nitrogen and oxygen atoms in total. The molecule has 10 atom stereocenters. The summed E-state index contributed by atoms with van der Waals surface area (Å²) in [7, 11) is 7.41. The molecule has 0 rings (SSSR count). The number of ether oxygens (including phenoxy) is 14. The van der Waals surface area contributed by atoms with Crippen molar-refractivity contribution in [1.29, 1.82) is 0 Å². The molecular formula is C66H134O24. The minimum absolute atomic E-state index is 0.0453. The molecule has 0 heterocycles. The number of aliphatic hydroxyl groups is 6. The van der Waals surface area contributed by atoms with Gasteiger partial charge in [0.15, 0.2) is 31.5 Å². The minimum Gasteiger partial charge on any atom is -0.460 e. The second-order valence-electron chi connectivity index (χ2n) is 21.1. The molecule has 0 aliphatic rings. The molecule has 0 aliphatic heterocycles. The quantitative estimate of drug-likeness (QED) is 0.0143. The lowest BCUT2D eigenvalue weighted by molar-refractivity contribution is -0.194. The van der Waals surface area contributed by atoms with Gasteiger partial charge in [-0.3, -0.25) is 19.2 Å². The van der Waals surface area contributed by atoms with Crippen molar-refractivity contribution in [2.45, 2.75) is 304 Å². The molecule has 10 unspecified atom stereocenters. The van der Waals surface area contributed by atoms with E-state index in [9.17, 15) is 19.2 Å². The van der Waals surface area contributed by atoms with Gasteiger partial charge >= 0.3 is 23.9 Å². The molecule has 90 heavy (non-hydrogen) atoms. The smallest absolute Gasteiger partial charge is 0.305 e. The van der Waals surface area contributed by atoms with Crippen LogP contribution in [0.3, 0.4) is 0 Å². The predicted molar refractivity (Wildman–Crippen MR) is 345 cm³/mol. The van der Waals surface area contributed by atoms with Gasteiger partial charge in [0.05, 0.1) is 70.2 Å². The van der Waals surface area contributed by atoms with Crippen LogP contribution in [0.5, 0.6) is 0 Å². The molecule has 0 aromatic rings. The van der Waals surface area contributed by atoms with Gasteiger partial charge in [0.25, 0.3) is 0 Å². The van der Waals surface area contributed by atoms with Gasteiger partial charge in [-0.1, -0.05) is 159 Å². The van der Waals surface area contributed by atoms with Gasteiger partial charge in [-0.25, -0.2) is 0 Å². The lowest BCUT2D eigenvalue weighted by atomic mass is 10.1. The molecule has 0 saturated carbocycles. The highest BCUT2D eigenvalue weighted by molar-refractivity contribution is 5.70. The van der Waals surface area contributed by atoms with Crippen molar-refractivity contribution in [2.24, 2.45) is 0 Å². The number of carbonyl (C=O) groups excluding carboxylic acids is 4. The van der Waals surface area contributed by atoms with E-state index in [0.29, 0.717) is 64.7 Å². The fourth-order valence-electron chi connectivity index (χ4n) is 7.41. The zero-order valence-electron chi connectivity index (χ0n) is 59.4. The third-order valence-corrected chi connectivity index (χ3v) is 13.6. The van der Waals surface area contributed by atoms with Crippen LogP contribution in [-0.2, 0) is 85.5 Å². The number of methoxy groups -OCH3 is 5. The van der Waals surface area contributed by atoms with Gasteiger partial charge < -0.3 is 97.0 Å². The Morgan fingerprint density at radius 3 is 0.689 bits per heavy atom. The number of unbranched alkanes of at least 4 members (excludes halogenated alkanes) is 15. The maximum Gasteiger partial charge on any atom is 0.305 e. The zero-order valence-corrected chi connectivity index (χ0v) is 58.4. The van der Waals surface area contributed by atoms with Crippen LogP contribution < -0.4 is 0 Å². The van der Waals surface area contributed by atoms with E-state index < -0.39 is 31.5 Å². The van der Waals surface area contributed by atoms with Crippen LogP contribution in [0.4, 0.5) is 0 Å². The highest BCUT2D eigenvalue weighted by Crippen LogP contribution is 2.13. The maximum absolute atomic E-state index is 11.6. The summed E-state index contributed by atoms with van der Waals surface area (Å²) in [6.45, 7) is 16.1. The van der Waals surface area contributed by atoms with E-state index in [-0.39, 0.29) is 120 Å². The fraction of sp³-hybridized carbons (Fsp3) is 0.939. The molecule has 0 bridgehead atoms. The van der Waals surface area contributed by atoms with Crippen molar-refractivity contribution in [1.82, 2.24) is 0 Å². The molecular weight excluding hydrogens is 1180 g/mol. The van der Waals surface area contributed by atoms with Crippen molar-refractivity contribution in [2.75, 3.05) is 102 Å². The summed E-state index contributed by atoms with van der Waals surface area (Å²) < 4.78 is 79.4. The lowest BCUT2D eigenvalue weighted by Gasteiger charge is -2.21. The Balaban J connectivity index is -0.000000344. The van der Waals surface area contributed by atoms with E-state index in [0.717, 1.165) is 89.9 Å². The third kappa shape index (κ3) is 65.3. The number of aliphatic hydroxyl groups excluding tert-OH is 6. The van der Waals surface area contributed by atoms with E-state index in [1.165, 1.54) is 67.7 Å². The topological polar surface area (TPSA) is 319 Å². The molecule has 0 aliphatic carbocycles. The summed E-state index contributed by atoms with van der Waals surface area (Å²) in [5.41, 5.74) is 0. The standard InChI is InChI=1S/C17H34O5.C16H32O5.2C13H26O5.C7H16O4/c1-4-6-7-8-9-10-11-12-16(19)21-14-17(20-3)22-15(5-2)13-18;1-4-6-7-8-9-10-11-15(18)20-13-16(19-3)21-14(5-2)12-17;2*1-4-6-7-8-12(15)17-10-13(16-3)18-11(5-2)9-14;1-3-6(4-8)11-7(5-9)10-2/h15,17-18H,4-14H2,1-3H3;14,16-17H,4-13H2,1-3H3;2*11,13-14H,4-10H2,1-3H3;6-9H,3-5H2,1-2H3/i;1D;;;. The maximum atomic E-state index is 11.6. The van der Waals surface area contributed by atoms with Gasteiger partial charge in [-0.05, 0) is 57.8 Å². The van der Waals surface area contributed by atoms with Crippen LogP contribution in [0.1, 0.15) is 243 Å². The summed E-state index contributed by atoms with van der Waals surface area (Å²) in [6, 6.07) is 0. The SMILES string of the molecule is CCC(CO)OC(CO)OC.CCCCCC(=O)OCC(OC)OC(CC)CO.CCCCCC(=O)OCC(OC)OC(CC)CO.CCCCCCCCCC(=O)OCC(OC)OC(CC)CO.[2H]CCCCCCCCC(=O)OCC(OC)OC(CC)CO. The molecule has 0 fully saturated rings. The number of rotatable bonds is 57. The molecule has 0 aromatic carbocycles. The predicted octanol–water partition coefficient (Wildman–Crippen LogP) is 9.95. The van der Waals surface area contributed by atoms with Gasteiger partial charge in [0.2, 0.25) is 0 Å². The second-order valence-corrected chi connectivity index (χ2v) is 21.1. The number of esters is 4. The molecule has 0 saturated heterocycles. The first-order valence-electron chi connectivity index (χ1n) is 34.2. The molecule has 0 radical (unpaired) electrons. The van der Waals surface area contributed by atoms with Crippen LogP contribution >= 0.6 is 0 Å². The Labute approximate surface area is 545 Å². The summed E-state index contributed by atoms with van der Waals surface area (Å²) in [5.74, 6) is -0.914. The van der Waals surface area contributed by atoms with Crippen molar-refractivity contribution >= 4 is 23.9 Å². The van der Waals surface area contributed by atoms with Crippen LogP contribution in [0, 0.1) is 0 Å². The van der Waals surface area contributed by atoms with Crippen LogP contribution in [0.2, 0.25) is 0 Å². The number of carbonyl (C=O) groups is 4. The zero-order chi connectivity index (χ0) is 69.6. The molecule has 542 valence electrons. The van der Waals surface area contributed by atoms with Gasteiger partial charge in [-0.2, -0.15) is 0 Å². The molecule has 24 heteroatoms. The largest absolute Gasteiger partial charge is 0.460 e. The number of hydrogen-bond acceptors (Lipinski definition) is 24. The molecule has 0 aromatic heterocycles. The first-order chi connectivity index (χ1) is 44.0. The van der Waals surface area contributed by atoms with Crippen molar-refractivity contribution in [3.05, 3.63) is 0 Å². The van der Waals surface area contributed by atoms with Gasteiger partial charge in [0.1, 0.15) is 26.4 Å². The average Bonchev–Trinajstić information content (AvgIpc) is 3.59. The number of hydrogen-bond donors (Lipinski definition) is 6. The van der Waals surface area contributed by atoms with Crippen molar-refractivity contribution < 1.29 is 118 Å². The molecule has 0 spiro atoms. The van der Waals surface area contributed by atoms with E-state index in [1.54, 1.807) is 0 Å². The highest BCUT2D eigenvalue weighted by atomic mass is 16.7. The molecule has 0 amide bonds. The highest BCUT2D eigenvalue weighted by Gasteiger charge is 2.20. The Morgan fingerprint density at radius 2 is 0.489 bits per heavy atom. The van der Waals surface area contributed by atoms with E-state index in [1.807, 2.05) is 34.6 Å². The Bertz CT molecular complexity index is 1380. The van der Waals surface area contributed by atoms with Crippen molar-refractivity contribution in [3.63, 3.8) is 0 Å². The molecule has 6 N–H and O–H groups in total. The summed E-state index contributed by atoms with van der Waals surface area (Å²) in [5, 5.41) is 53.5. The summed E-state index contributed by atoms with van der Waals surface area (Å²) >= 11 is 0. The monoisotopic (exact) mass is 1310 g/mol. The minimum atomic E-state index is -0.633. The lowest BCUT2D eigenvalue weighted by Crippen LogP contribution is -2.30. The fourth-order valence-corrected chi connectivity index (χ4v) is 7.41. The third-order valence-electron chi connectivity index (χ3n) is 13.6. The Hall–Kier alpha value is -2.76. The average molecular weight is 1310 g/mol. The van der Waals surface area contributed by atoms with Crippen LogP contribution in [-0.4, -0.2) is 218 Å². The first kappa shape index (κ1) is 93.6. The van der Waals surface area contributed by atoms with Gasteiger partial charge in [-0.15, -0.1) is 0 Å². The summed E-state index contributed by atoms with van der Waals surface area (Å²) in [4.78, 5) is 46.0.